The fourth-order valence-electron chi connectivity index (χ4n) is 2.70. The van der Waals surface area contributed by atoms with Gasteiger partial charge in [0, 0.05) is 29.6 Å². The van der Waals surface area contributed by atoms with Crippen molar-refractivity contribution >= 4 is 26.9 Å². The molecule has 0 spiro atoms. The van der Waals surface area contributed by atoms with Crippen LogP contribution in [-0.4, -0.2) is 18.3 Å². The van der Waals surface area contributed by atoms with Crippen LogP contribution in [0.5, 0.6) is 0 Å². The topological polar surface area (TPSA) is 45.4 Å². The summed E-state index contributed by atoms with van der Waals surface area (Å²) in [7, 11) is 0. The molecule has 2 aromatic carbocycles. The van der Waals surface area contributed by atoms with Crippen LogP contribution >= 0.6 is 15.9 Å². The molecular formula is C19H20BrNO2. The Morgan fingerprint density at radius 2 is 1.83 bits per heavy atom. The Morgan fingerprint density at radius 3 is 2.61 bits per heavy atom. The first-order chi connectivity index (χ1) is 11.2. The van der Waals surface area contributed by atoms with Gasteiger partial charge >= 0.3 is 0 Å². The smallest absolute Gasteiger partial charge is 0.133 e. The lowest BCUT2D eigenvalue weighted by molar-refractivity contribution is 0.221. The van der Waals surface area contributed by atoms with Crippen molar-refractivity contribution in [3.63, 3.8) is 0 Å². The minimum Gasteiger partial charge on any atom is -0.464 e. The van der Waals surface area contributed by atoms with Crippen LogP contribution in [0.1, 0.15) is 11.1 Å². The minimum atomic E-state index is 0.184. The van der Waals surface area contributed by atoms with Crippen molar-refractivity contribution in [2.24, 2.45) is 5.92 Å². The van der Waals surface area contributed by atoms with E-state index >= 15 is 0 Å². The van der Waals surface area contributed by atoms with Gasteiger partial charge in [-0.3, -0.25) is 0 Å². The summed E-state index contributed by atoms with van der Waals surface area (Å²) in [5.41, 5.74) is 3.38. The van der Waals surface area contributed by atoms with Gasteiger partial charge in [-0.15, -0.1) is 0 Å². The fourth-order valence-corrected chi connectivity index (χ4v) is 2.97. The third-order valence-electron chi connectivity index (χ3n) is 3.97. The largest absolute Gasteiger partial charge is 0.464 e. The summed E-state index contributed by atoms with van der Waals surface area (Å²) >= 11 is 3.44. The second-order valence-corrected chi connectivity index (χ2v) is 6.72. The normalized spacial score (nSPS) is 12.6. The number of rotatable bonds is 7. The molecule has 0 saturated heterocycles. The van der Waals surface area contributed by atoms with Crippen molar-refractivity contribution in [1.29, 1.82) is 0 Å². The molecule has 4 heteroatoms. The lowest BCUT2D eigenvalue weighted by Gasteiger charge is -2.15. The molecule has 3 rings (SSSR count). The molecule has 23 heavy (non-hydrogen) atoms. The van der Waals surface area contributed by atoms with Crippen LogP contribution in [0.2, 0.25) is 0 Å². The van der Waals surface area contributed by atoms with Crippen molar-refractivity contribution < 1.29 is 9.52 Å². The zero-order valence-corrected chi connectivity index (χ0v) is 14.4. The van der Waals surface area contributed by atoms with Crippen molar-refractivity contribution in [2.75, 3.05) is 13.2 Å². The molecule has 0 radical (unpaired) electrons. The SMILES string of the molecule is OCC(CNCc1ccc2occc2c1)Cc1ccc(Br)cc1. The number of aliphatic hydroxyl groups excluding tert-OH is 1. The van der Waals surface area contributed by atoms with Gasteiger partial charge in [0.05, 0.1) is 6.26 Å². The van der Waals surface area contributed by atoms with Gasteiger partial charge in [-0.25, -0.2) is 0 Å². The number of benzene rings is 2. The third-order valence-corrected chi connectivity index (χ3v) is 4.50. The van der Waals surface area contributed by atoms with E-state index in [0.29, 0.717) is 0 Å². The third kappa shape index (κ3) is 4.44. The standard InChI is InChI=1S/C19H20BrNO2/c20-18-4-1-14(2-5-18)9-16(13-22)12-21-11-15-3-6-19-17(10-15)7-8-23-19/h1-8,10,16,21-22H,9,11-13H2. The highest BCUT2D eigenvalue weighted by molar-refractivity contribution is 9.10. The predicted octanol–water partition coefficient (Wildman–Crippen LogP) is 4.14. The van der Waals surface area contributed by atoms with E-state index < -0.39 is 0 Å². The fraction of sp³-hybridized carbons (Fsp3) is 0.263. The molecule has 3 nitrogen and oxygen atoms in total. The molecule has 2 N–H and O–H groups in total. The Hall–Kier alpha value is -1.62. The summed E-state index contributed by atoms with van der Waals surface area (Å²) in [5.74, 6) is 0.217. The van der Waals surface area contributed by atoms with Gasteiger partial charge in [-0.2, -0.15) is 0 Å². The Balaban J connectivity index is 1.52. The monoisotopic (exact) mass is 373 g/mol. The molecule has 1 atom stereocenters. The molecule has 0 aliphatic heterocycles. The van der Waals surface area contributed by atoms with Crippen LogP contribution in [0.3, 0.4) is 0 Å². The van der Waals surface area contributed by atoms with Gasteiger partial charge in [-0.1, -0.05) is 34.1 Å². The number of fused-ring (bicyclic) bond motifs is 1. The van der Waals surface area contributed by atoms with E-state index in [0.717, 1.165) is 35.0 Å². The summed E-state index contributed by atoms with van der Waals surface area (Å²) in [6.45, 7) is 1.76. The predicted molar refractivity (Wildman–Crippen MR) is 96.3 cm³/mol. The maximum Gasteiger partial charge on any atom is 0.133 e. The molecule has 0 aliphatic carbocycles. The highest BCUT2D eigenvalue weighted by atomic mass is 79.9. The molecule has 0 amide bonds. The Bertz CT molecular complexity index is 751. The highest BCUT2D eigenvalue weighted by Gasteiger charge is 2.08. The van der Waals surface area contributed by atoms with Crippen LogP contribution < -0.4 is 5.32 Å². The quantitative estimate of drug-likeness (QED) is 0.654. The van der Waals surface area contributed by atoms with Gasteiger partial charge < -0.3 is 14.8 Å². The summed E-state index contributed by atoms with van der Waals surface area (Å²) in [6.07, 6.45) is 2.58. The highest BCUT2D eigenvalue weighted by Crippen LogP contribution is 2.17. The first-order valence-electron chi connectivity index (χ1n) is 7.77. The first kappa shape index (κ1) is 16.2. The number of halogens is 1. The zero-order valence-electron chi connectivity index (χ0n) is 12.8. The molecule has 0 aliphatic rings. The molecule has 120 valence electrons. The first-order valence-corrected chi connectivity index (χ1v) is 8.56. The average Bonchev–Trinajstić information content (AvgIpc) is 3.03. The van der Waals surface area contributed by atoms with Crippen LogP contribution in [0.15, 0.2) is 63.7 Å². The Kier molecular flexibility index (Phi) is 5.49. The number of furan rings is 1. The summed E-state index contributed by atoms with van der Waals surface area (Å²) < 4.78 is 6.43. The molecule has 1 heterocycles. The van der Waals surface area contributed by atoms with Gasteiger partial charge in [0.2, 0.25) is 0 Å². The van der Waals surface area contributed by atoms with Crippen molar-refractivity contribution in [1.82, 2.24) is 5.32 Å². The van der Waals surface area contributed by atoms with Gasteiger partial charge in [-0.05, 0) is 53.8 Å². The van der Waals surface area contributed by atoms with Crippen LogP contribution in [0.4, 0.5) is 0 Å². The van der Waals surface area contributed by atoms with Crippen LogP contribution in [0, 0.1) is 5.92 Å². The lowest BCUT2D eigenvalue weighted by atomic mass is 10.00. The number of hydrogen-bond donors (Lipinski definition) is 2. The molecule has 0 saturated carbocycles. The molecule has 1 unspecified atom stereocenters. The maximum atomic E-state index is 9.59. The second-order valence-electron chi connectivity index (χ2n) is 5.80. The summed E-state index contributed by atoms with van der Waals surface area (Å²) in [5, 5.41) is 14.2. The molecule has 0 bridgehead atoms. The Labute approximate surface area is 144 Å². The molecular weight excluding hydrogens is 354 g/mol. The molecule has 1 aromatic heterocycles. The average molecular weight is 374 g/mol. The minimum absolute atomic E-state index is 0.184. The maximum absolute atomic E-state index is 9.59. The van der Waals surface area contributed by atoms with E-state index in [2.05, 4.69) is 45.5 Å². The number of nitrogens with one attached hydrogen (secondary N) is 1. The number of hydrogen-bond acceptors (Lipinski definition) is 3. The van der Waals surface area contributed by atoms with E-state index in [-0.39, 0.29) is 12.5 Å². The number of aliphatic hydroxyl groups is 1. The van der Waals surface area contributed by atoms with Crippen LogP contribution in [0.25, 0.3) is 11.0 Å². The van der Waals surface area contributed by atoms with E-state index in [4.69, 9.17) is 4.42 Å². The van der Waals surface area contributed by atoms with Crippen molar-refractivity contribution in [3.8, 4) is 0 Å². The van der Waals surface area contributed by atoms with Gasteiger partial charge in [0.1, 0.15) is 5.58 Å². The van der Waals surface area contributed by atoms with Gasteiger partial charge in [0.15, 0.2) is 0 Å². The van der Waals surface area contributed by atoms with Crippen molar-refractivity contribution in [2.45, 2.75) is 13.0 Å². The molecule has 0 fully saturated rings. The zero-order chi connectivity index (χ0) is 16.1. The van der Waals surface area contributed by atoms with E-state index in [1.54, 1.807) is 6.26 Å². The summed E-state index contributed by atoms with van der Waals surface area (Å²) in [4.78, 5) is 0. The van der Waals surface area contributed by atoms with Crippen LogP contribution in [-0.2, 0) is 13.0 Å². The molecule has 3 aromatic rings. The van der Waals surface area contributed by atoms with E-state index in [1.165, 1.54) is 11.1 Å². The Morgan fingerprint density at radius 1 is 1.04 bits per heavy atom. The van der Waals surface area contributed by atoms with E-state index in [9.17, 15) is 5.11 Å². The summed E-state index contributed by atoms with van der Waals surface area (Å²) in [6, 6.07) is 16.4. The van der Waals surface area contributed by atoms with Crippen molar-refractivity contribution in [3.05, 3.63) is 70.4 Å². The second kappa shape index (κ2) is 7.77. The van der Waals surface area contributed by atoms with E-state index in [1.807, 2.05) is 24.3 Å². The lowest BCUT2D eigenvalue weighted by Crippen LogP contribution is -2.26. The van der Waals surface area contributed by atoms with Gasteiger partial charge in [0.25, 0.3) is 0 Å².